The molecule has 1 aromatic rings. The van der Waals surface area contributed by atoms with Gasteiger partial charge in [-0.3, -0.25) is 9.59 Å². The Hall–Kier alpha value is -1.63. The SMILES string of the molecule is CCN(CC)CCN[C@@H](CC(=O)Nc1ccc(Cl)cc1)C(=O)O. The Labute approximate surface area is 141 Å². The van der Waals surface area contributed by atoms with Crippen molar-refractivity contribution in [2.24, 2.45) is 0 Å². The molecule has 1 aromatic carbocycles. The van der Waals surface area contributed by atoms with Crippen LogP contribution in [-0.4, -0.2) is 54.1 Å². The number of halogens is 1. The number of anilines is 1. The minimum Gasteiger partial charge on any atom is -0.480 e. The molecule has 0 saturated heterocycles. The summed E-state index contributed by atoms with van der Waals surface area (Å²) in [6, 6.07) is 5.76. The van der Waals surface area contributed by atoms with Crippen molar-refractivity contribution in [1.82, 2.24) is 10.2 Å². The van der Waals surface area contributed by atoms with Crippen LogP contribution in [0, 0.1) is 0 Å². The summed E-state index contributed by atoms with van der Waals surface area (Å²) in [6.45, 7) is 7.19. The van der Waals surface area contributed by atoms with Gasteiger partial charge in [-0.1, -0.05) is 25.4 Å². The first-order valence-corrected chi connectivity index (χ1v) is 8.08. The number of carbonyl (C=O) groups excluding carboxylic acids is 1. The maximum atomic E-state index is 12.0. The lowest BCUT2D eigenvalue weighted by Crippen LogP contribution is -2.43. The standard InChI is InChI=1S/C16H24ClN3O3/c1-3-20(4-2)10-9-18-14(16(22)23)11-15(21)19-13-7-5-12(17)6-8-13/h5-8,14,18H,3-4,9-11H2,1-2H3,(H,19,21)(H,22,23)/t14-/m0/s1. The van der Waals surface area contributed by atoms with Crippen LogP contribution in [0.15, 0.2) is 24.3 Å². The fourth-order valence-electron chi connectivity index (χ4n) is 2.11. The first kappa shape index (κ1) is 19.4. The third-order valence-corrected chi connectivity index (χ3v) is 3.78. The van der Waals surface area contributed by atoms with E-state index in [1.54, 1.807) is 24.3 Å². The third kappa shape index (κ3) is 7.45. The summed E-state index contributed by atoms with van der Waals surface area (Å²) in [5.41, 5.74) is 0.590. The zero-order valence-electron chi connectivity index (χ0n) is 13.5. The summed E-state index contributed by atoms with van der Waals surface area (Å²) in [5.74, 6) is -1.38. The predicted octanol–water partition coefficient (Wildman–Crippen LogP) is 2.05. The molecule has 0 aromatic heterocycles. The highest BCUT2D eigenvalue weighted by atomic mass is 35.5. The largest absolute Gasteiger partial charge is 0.480 e. The lowest BCUT2D eigenvalue weighted by molar-refractivity contribution is -0.141. The number of hydrogen-bond acceptors (Lipinski definition) is 4. The molecule has 0 saturated carbocycles. The zero-order chi connectivity index (χ0) is 17.2. The van der Waals surface area contributed by atoms with Crippen LogP contribution in [-0.2, 0) is 9.59 Å². The van der Waals surface area contributed by atoms with Crippen molar-refractivity contribution >= 4 is 29.2 Å². The smallest absolute Gasteiger partial charge is 0.321 e. The maximum Gasteiger partial charge on any atom is 0.321 e. The number of carboxylic acid groups (broad SMARTS) is 1. The first-order valence-electron chi connectivity index (χ1n) is 7.70. The molecule has 1 amide bonds. The molecule has 23 heavy (non-hydrogen) atoms. The van der Waals surface area contributed by atoms with Gasteiger partial charge < -0.3 is 20.6 Å². The second-order valence-electron chi connectivity index (χ2n) is 5.13. The lowest BCUT2D eigenvalue weighted by atomic mass is 10.2. The van der Waals surface area contributed by atoms with E-state index in [0.29, 0.717) is 17.3 Å². The molecule has 6 nitrogen and oxygen atoms in total. The average molecular weight is 342 g/mol. The van der Waals surface area contributed by atoms with Crippen molar-refractivity contribution in [3.05, 3.63) is 29.3 Å². The molecule has 0 fully saturated rings. The first-order chi connectivity index (χ1) is 11.0. The van der Waals surface area contributed by atoms with Crippen molar-refractivity contribution in [1.29, 1.82) is 0 Å². The quantitative estimate of drug-likeness (QED) is 0.607. The summed E-state index contributed by atoms with van der Waals surface area (Å²) in [4.78, 5) is 25.4. The number of carbonyl (C=O) groups is 2. The number of rotatable bonds is 10. The lowest BCUT2D eigenvalue weighted by Gasteiger charge is -2.20. The highest BCUT2D eigenvalue weighted by Gasteiger charge is 2.20. The summed E-state index contributed by atoms with van der Waals surface area (Å²) in [6.07, 6.45) is -0.129. The van der Waals surface area contributed by atoms with Crippen molar-refractivity contribution < 1.29 is 14.7 Å². The summed E-state index contributed by atoms with van der Waals surface area (Å²) in [7, 11) is 0. The normalized spacial score (nSPS) is 12.2. The number of amides is 1. The van der Waals surface area contributed by atoms with Gasteiger partial charge >= 0.3 is 5.97 Å². The van der Waals surface area contributed by atoms with E-state index in [-0.39, 0.29) is 12.3 Å². The van der Waals surface area contributed by atoms with Crippen LogP contribution in [0.1, 0.15) is 20.3 Å². The molecule has 0 heterocycles. The van der Waals surface area contributed by atoms with Gasteiger partial charge in [0.2, 0.25) is 5.91 Å². The molecule has 0 unspecified atom stereocenters. The minimum atomic E-state index is -1.03. The Morgan fingerprint density at radius 1 is 1.22 bits per heavy atom. The second kappa shape index (κ2) is 10.2. The number of benzene rings is 1. The van der Waals surface area contributed by atoms with Gasteiger partial charge in [0.15, 0.2) is 0 Å². The summed E-state index contributed by atoms with van der Waals surface area (Å²) < 4.78 is 0. The zero-order valence-corrected chi connectivity index (χ0v) is 14.3. The molecule has 1 atom stereocenters. The molecule has 3 N–H and O–H groups in total. The Bertz CT molecular complexity index is 504. The van der Waals surface area contributed by atoms with Crippen molar-refractivity contribution in [3.8, 4) is 0 Å². The monoisotopic (exact) mass is 341 g/mol. The van der Waals surface area contributed by atoms with Crippen molar-refractivity contribution in [2.75, 3.05) is 31.5 Å². The molecule has 0 radical (unpaired) electrons. The Morgan fingerprint density at radius 3 is 2.35 bits per heavy atom. The molecule has 0 spiro atoms. The number of likely N-dealkylation sites (N-methyl/N-ethyl adjacent to an activating group) is 1. The van der Waals surface area contributed by atoms with Gasteiger partial charge in [-0.25, -0.2) is 0 Å². The molecule has 0 aliphatic carbocycles. The fraction of sp³-hybridized carbons (Fsp3) is 0.500. The van der Waals surface area contributed by atoms with Gasteiger partial charge in [0, 0.05) is 23.8 Å². The van der Waals surface area contributed by atoms with E-state index in [9.17, 15) is 14.7 Å². The van der Waals surface area contributed by atoms with E-state index in [2.05, 4.69) is 29.4 Å². The summed E-state index contributed by atoms with van der Waals surface area (Å²) in [5, 5.41) is 15.4. The van der Waals surface area contributed by atoms with Crippen molar-refractivity contribution in [2.45, 2.75) is 26.3 Å². The van der Waals surface area contributed by atoms with Crippen LogP contribution in [0.2, 0.25) is 5.02 Å². The van der Waals surface area contributed by atoms with Gasteiger partial charge in [-0.05, 0) is 37.4 Å². The number of aliphatic carboxylic acids is 1. The molecule has 1 rings (SSSR count). The topological polar surface area (TPSA) is 81.7 Å². The third-order valence-electron chi connectivity index (χ3n) is 3.53. The van der Waals surface area contributed by atoms with Crippen molar-refractivity contribution in [3.63, 3.8) is 0 Å². The van der Waals surface area contributed by atoms with Gasteiger partial charge in [0.1, 0.15) is 6.04 Å². The van der Waals surface area contributed by atoms with Gasteiger partial charge in [0.05, 0.1) is 6.42 Å². The van der Waals surface area contributed by atoms with Crippen LogP contribution in [0.5, 0.6) is 0 Å². The highest BCUT2D eigenvalue weighted by molar-refractivity contribution is 6.30. The van der Waals surface area contributed by atoms with Crippen LogP contribution in [0.4, 0.5) is 5.69 Å². The maximum absolute atomic E-state index is 12.0. The Balaban J connectivity index is 2.46. The number of nitrogens with one attached hydrogen (secondary N) is 2. The molecular formula is C16H24ClN3O3. The van der Waals surface area contributed by atoms with Crippen LogP contribution < -0.4 is 10.6 Å². The van der Waals surface area contributed by atoms with E-state index in [4.69, 9.17) is 11.6 Å². The predicted molar refractivity (Wildman–Crippen MR) is 91.9 cm³/mol. The molecular weight excluding hydrogens is 318 g/mol. The second-order valence-corrected chi connectivity index (χ2v) is 5.57. The Kier molecular flexibility index (Phi) is 8.61. The molecule has 0 aliphatic rings. The molecule has 0 aliphatic heterocycles. The van der Waals surface area contributed by atoms with Crippen LogP contribution in [0.3, 0.4) is 0 Å². The van der Waals surface area contributed by atoms with Gasteiger partial charge in [-0.2, -0.15) is 0 Å². The molecule has 128 valence electrons. The van der Waals surface area contributed by atoms with Crippen LogP contribution >= 0.6 is 11.6 Å². The number of nitrogens with zero attached hydrogens (tertiary/aromatic N) is 1. The average Bonchev–Trinajstić information content (AvgIpc) is 2.52. The minimum absolute atomic E-state index is 0.129. The van der Waals surface area contributed by atoms with E-state index < -0.39 is 12.0 Å². The highest BCUT2D eigenvalue weighted by Crippen LogP contribution is 2.13. The number of carboxylic acids is 1. The summed E-state index contributed by atoms with van der Waals surface area (Å²) >= 11 is 5.78. The van der Waals surface area contributed by atoms with E-state index >= 15 is 0 Å². The molecule has 0 bridgehead atoms. The fourth-order valence-corrected chi connectivity index (χ4v) is 2.24. The Morgan fingerprint density at radius 2 is 1.83 bits per heavy atom. The van der Waals surface area contributed by atoms with E-state index in [1.165, 1.54) is 0 Å². The molecule has 7 heteroatoms. The van der Waals surface area contributed by atoms with E-state index in [1.807, 2.05) is 0 Å². The van der Waals surface area contributed by atoms with Gasteiger partial charge in [-0.15, -0.1) is 0 Å². The van der Waals surface area contributed by atoms with Crippen LogP contribution in [0.25, 0.3) is 0 Å². The number of hydrogen-bond donors (Lipinski definition) is 3. The van der Waals surface area contributed by atoms with Gasteiger partial charge in [0.25, 0.3) is 0 Å². The van der Waals surface area contributed by atoms with E-state index in [0.717, 1.165) is 19.6 Å².